The molecule has 1 heterocycles. The van der Waals surface area contributed by atoms with E-state index in [1.165, 1.54) is 0 Å². The normalized spacial score (nSPS) is 16.7. The number of nitrogens with zero attached hydrogens (tertiary/aromatic N) is 1. The summed E-state index contributed by atoms with van der Waals surface area (Å²) in [4.78, 5) is 26.1. The number of nitrogens with one attached hydrogen (secondary N) is 1. The highest BCUT2D eigenvalue weighted by atomic mass is 35.5. The molecule has 0 saturated carbocycles. The van der Waals surface area contributed by atoms with Gasteiger partial charge in [-0.1, -0.05) is 11.6 Å². The third-order valence-electron chi connectivity index (χ3n) is 4.60. The van der Waals surface area contributed by atoms with Crippen LogP contribution >= 0.6 is 11.6 Å². The molecule has 1 aromatic carbocycles. The number of hydrogen-bond donors (Lipinski definition) is 2. The van der Waals surface area contributed by atoms with Gasteiger partial charge in [-0.15, -0.1) is 0 Å². The van der Waals surface area contributed by atoms with E-state index in [0.29, 0.717) is 35.9 Å². The summed E-state index contributed by atoms with van der Waals surface area (Å²) < 4.78 is 0. The van der Waals surface area contributed by atoms with Gasteiger partial charge in [-0.05, 0) is 56.4 Å². The van der Waals surface area contributed by atoms with Crippen LogP contribution in [-0.4, -0.2) is 42.4 Å². The fourth-order valence-corrected chi connectivity index (χ4v) is 3.10. The Kier molecular flexibility index (Phi) is 7.06. The van der Waals surface area contributed by atoms with Crippen molar-refractivity contribution in [3.8, 4) is 0 Å². The first kappa shape index (κ1) is 18.7. The summed E-state index contributed by atoms with van der Waals surface area (Å²) in [6.07, 6.45) is 3.07. The van der Waals surface area contributed by atoms with Gasteiger partial charge in [0, 0.05) is 42.7 Å². The van der Waals surface area contributed by atoms with Crippen LogP contribution in [0.4, 0.5) is 0 Å². The van der Waals surface area contributed by atoms with Gasteiger partial charge in [0.2, 0.25) is 5.91 Å². The van der Waals surface area contributed by atoms with Crippen LogP contribution in [0.3, 0.4) is 0 Å². The Hall–Kier alpha value is -1.59. The Morgan fingerprint density at radius 3 is 2.50 bits per heavy atom. The monoisotopic (exact) mass is 351 g/mol. The zero-order valence-corrected chi connectivity index (χ0v) is 14.9. The maximum atomic E-state index is 12.2. The fourth-order valence-electron chi connectivity index (χ4n) is 2.98. The Morgan fingerprint density at radius 2 is 1.92 bits per heavy atom. The summed E-state index contributed by atoms with van der Waals surface area (Å²) in [5, 5.41) is 3.43. The SMILES string of the molecule is CC(N)C1CCN(C(=O)CCCNC(=O)c2ccc(Cl)cc2)CC1. The van der Waals surface area contributed by atoms with E-state index in [2.05, 4.69) is 5.32 Å². The van der Waals surface area contributed by atoms with Gasteiger partial charge in [0.1, 0.15) is 0 Å². The predicted octanol–water partition coefficient (Wildman–Crippen LogP) is 2.44. The van der Waals surface area contributed by atoms with Crippen molar-refractivity contribution in [1.82, 2.24) is 10.2 Å². The van der Waals surface area contributed by atoms with E-state index in [1.807, 2.05) is 11.8 Å². The topological polar surface area (TPSA) is 75.4 Å². The van der Waals surface area contributed by atoms with Crippen molar-refractivity contribution >= 4 is 23.4 Å². The molecule has 2 amide bonds. The average Bonchev–Trinajstić information content (AvgIpc) is 2.59. The lowest BCUT2D eigenvalue weighted by Gasteiger charge is -2.33. The summed E-state index contributed by atoms with van der Waals surface area (Å²) in [6, 6.07) is 6.94. The molecular formula is C18H26ClN3O2. The first-order valence-corrected chi connectivity index (χ1v) is 8.92. The van der Waals surface area contributed by atoms with Crippen molar-refractivity contribution < 1.29 is 9.59 Å². The molecule has 132 valence electrons. The van der Waals surface area contributed by atoms with E-state index in [4.69, 9.17) is 17.3 Å². The number of nitrogens with two attached hydrogens (primary N) is 1. The highest BCUT2D eigenvalue weighted by Gasteiger charge is 2.24. The molecule has 1 aliphatic rings. The quantitative estimate of drug-likeness (QED) is 0.773. The minimum Gasteiger partial charge on any atom is -0.352 e. The summed E-state index contributed by atoms with van der Waals surface area (Å²) in [5.74, 6) is 0.545. The van der Waals surface area contributed by atoms with E-state index in [-0.39, 0.29) is 17.9 Å². The number of likely N-dealkylation sites (tertiary alicyclic amines) is 1. The second-order valence-electron chi connectivity index (χ2n) is 6.44. The van der Waals surface area contributed by atoms with Gasteiger partial charge < -0.3 is 16.0 Å². The van der Waals surface area contributed by atoms with Crippen molar-refractivity contribution in [2.24, 2.45) is 11.7 Å². The number of halogens is 1. The van der Waals surface area contributed by atoms with Crippen molar-refractivity contribution in [2.45, 2.75) is 38.6 Å². The summed E-state index contributed by atoms with van der Waals surface area (Å²) >= 11 is 5.80. The molecule has 24 heavy (non-hydrogen) atoms. The van der Waals surface area contributed by atoms with Crippen LogP contribution in [0.1, 0.15) is 43.0 Å². The van der Waals surface area contributed by atoms with Gasteiger partial charge in [-0.3, -0.25) is 9.59 Å². The number of hydrogen-bond acceptors (Lipinski definition) is 3. The van der Waals surface area contributed by atoms with E-state index in [1.54, 1.807) is 24.3 Å². The van der Waals surface area contributed by atoms with Crippen LogP contribution in [0.2, 0.25) is 5.02 Å². The van der Waals surface area contributed by atoms with Crippen molar-refractivity contribution in [1.29, 1.82) is 0 Å². The highest BCUT2D eigenvalue weighted by Crippen LogP contribution is 2.20. The largest absolute Gasteiger partial charge is 0.352 e. The lowest BCUT2D eigenvalue weighted by molar-refractivity contribution is -0.132. The average molecular weight is 352 g/mol. The molecule has 1 aliphatic heterocycles. The number of carbonyl (C=O) groups excluding carboxylic acids is 2. The molecule has 5 nitrogen and oxygen atoms in total. The third-order valence-corrected chi connectivity index (χ3v) is 4.85. The number of piperidine rings is 1. The van der Waals surface area contributed by atoms with Crippen LogP contribution in [-0.2, 0) is 4.79 Å². The maximum absolute atomic E-state index is 12.2. The number of benzene rings is 1. The molecule has 1 unspecified atom stereocenters. The first-order valence-electron chi connectivity index (χ1n) is 8.54. The maximum Gasteiger partial charge on any atom is 0.251 e. The Balaban J connectivity index is 1.64. The van der Waals surface area contributed by atoms with Gasteiger partial charge >= 0.3 is 0 Å². The number of rotatable bonds is 6. The van der Waals surface area contributed by atoms with Gasteiger partial charge in [0.15, 0.2) is 0 Å². The van der Waals surface area contributed by atoms with Crippen molar-refractivity contribution in [3.63, 3.8) is 0 Å². The first-order chi connectivity index (χ1) is 11.5. The summed E-state index contributed by atoms with van der Waals surface area (Å²) in [7, 11) is 0. The Labute approximate surface area is 148 Å². The fraction of sp³-hybridized carbons (Fsp3) is 0.556. The minimum absolute atomic E-state index is 0.142. The van der Waals surface area contributed by atoms with Gasteiger partial charge in [0.25, 0.3) is 5.91 Å². The molecule has 6 heteroatoms. The third kappa shape index (κ3) is 5.49. The summed E-state index contributed by atoms with van der Waals surface area (Å²) in [5.41, 5.74) is 6.49. The lowest BCUT2D eigenvalue weighted by atomic mass is 9.91. The van der Waals surface area contributed by atoms with E-state index >= 15 is 0 Å². The Morgan fingerprint density at radius 1 is 1.29 bits per heavy atom. The summed E-state index contributed by atoms with van der Waals surface area (Å²) in [6.45, 7) is 4.11. The molecule has 0 spiro atoms. The Bertz CT molecular complexity index is 552. The zero-order chi connectivity index (χ0) is 17.5. The molecule has 0 radical (unpaired) electrons. The van der Waals surface area contributed by atoms with Gasteiger partial charge in [-0.25, -0.2) is 0 Å². The van der Waals surface area contributed by atoms with Crippen LogP contribution in [0.25, 0.3) is 0 Å². The predicted molar refractivity (Wildman–Crippen MR) is 96.0 cm³/mol. The van der Waals surface area contributed by atoms with Crippen molar-refractivity contribution in [3.05, 3.63) is 34.9 Å². The second kappa shape index (κ2) is 9.04. The van der Waals surface area contributed by atoms with Gasteiger partial charge in [-0.2, -0.15) is 0 Å². The lowest BCUT2D eigenvalue weighted by Crippen LogP contribution is -2.42. The molecule has 1 aromatic rings. The molecular weight excluding hydrogens is 326 g/mol. The van der Waals surface area contributed by atoms with Crippen LogP contribution in [0.5, 0.6) is 0 Å². The molecule has 1 atom stereocenters. The minimum atomic E-state index is -0.142. The standard InChI is InChI=1S/C18H26ClN3O2/c1-13(20)14-8-11-22(12-9-14)17(23)3-2-10-21-18(24)15-4-6-16(19)7-5-15/h4-7,13-14H,2-3,8-12,20H2,1H3,(H,21,24). The van der Waals surface area contributed by atoms with Gasteiger partial charge in [0.05, 0.1) is 0 Å². The second-order valence-corrected chi connectivity index (χ2v) is 6.88. The number of carbonyl (C=O) groups is 2. The van der Waals surface area contributed by atoms with Crippen LogP contribution in [0.15, 0.2) is 24.3 Å². The molecule has 0 aromatic heterocycles. The molecule has 0 bridgehead atoms. The van der Waals surface area contributed by atoms with E-state index < -0.39 is 0 Å². The van der Waals surface area contributed by atoms with Crippen molar-refractivity contribution in [2.75, 3.05) is 19.6 Å². The van der Waals surface area contributed by atoms with E-state index in [9.17, 15) is 9.59 Å². The van der Waals surface area contributed by atoms with Crippen LogP contribution in [0, 0.1) is 5.92 Å². The molecule has 0 aliphatic carbocycles. The number of amides is 2. The highest BCUT2D eigenvalue weighted by molar-refractivity contribution is 6.30. The molecule has 1 fully saturated rings. The molecule has 2 rings (SSSR count). The molecule has 3 N–H and O–H groups in total. The zero-order valence-electron chi connectivity index (χ0n) is 14.1. The van der Waals surface area contributed by atoms with Crippen LogP contribution < -0.4 is 11.1 Å². The molecule has 1 saturated heterocycles. The van der Waals surface area contributed by atoms with E-state index in [0.717, 1.165) is 25.9 Å². The smallest absolute Gasteiger partial charge is 0.251 e.